The van der Waals surface area contributed by atoms with E-state index in [-0.39, 0.29) is 4.90 Å². The van der Waals surface area contributed by atoms with E-state index in [4.69, 9.17) is 0 Å². The average Bonchev–Trinajstić information content (AvgIpc) is 2.26. The molecule has 0 unspecified atom stereocenters. The molecule has 1 aromatic carbocycles. The van der Waals surface area contributed by atoms with Gasteiger partial charge < -0.3 is 0 Å². The molecule has 0 spiro atoms. The predicted molar refractivity (Wildman–Crippen MR) is 66.0 cm³/mol. The molecule has 7 heteroatoms. The van der Waals surface area contributed by atoms with Crippen molar-refractivity contribution < 1.29 is 21.6 Å². The maximum atomic E-state index is 12.4. The molecule has 19 heavy (non-hydrogen) atoms. The van der Waals surface area contributed by atoms with Crippen LogP contribution in [0.1, 0.15) is 19.4 Å². The first-order valence-corrected chi connectivity index (χ1v) is 7.14. The highest BCUT2D eigenvalue weighted by atomic mass is 32.2. The number of alkyl halides is 3. The maximum absolute atomic E-state index is 12.4. The number of hydrogen-bond donors (Lipinski definition) is 0. The Morgan fingerprint density at radius 2 is 1.63 bits per heavy atom. The standard InChI is InChI=1S/C12H16F3NO2S/c1-9(2)8-10-4-6-11(7-5-10)19(17,18)16(3)12(13,14)15/h4-7,9H,8H2,1-3H3. The molecule has 0 amide bonds. The minimum Gasteiger partial charge on any atom is -0.207 e. The molecule has 0 aliphatic heterocycles. The smallest absolute Gasteiger partial charge is 0.207 e. The van der Waals surface area contributed by atoms with Gasteiger partial charge in [0, 0.05) is 7.05 Å². The largest absolute Gasteiger partial charge is 0.473 e. The SMILES string of the molecule is CC(C)Cc1ccc(S(=O)(=O)N(C)C(F)(F)F)cc1. The fourth-order valence-electron chi connectivity index (χ4n) is 1.56. The Bertz CT molecular complexity index is 521. The van der Waals surface area contributed by atoms with E-state index >= 15 is 0 Å². The second kappa shape index (κ2) is 5.50. The number of halogens is 3. The second-order valence-electron chi connectivity index (χ2n) is 4.68. The van der Waals surface area contributed by atoms with Crippen LogP contribution < -0.4 is 0 Å². The van der Waals surface area contributed by atoms with Crippen molar-refractivity contribution in [3.05, 3.63) is 29.8 Å². The Morgan fingerprint density at radius 3 is 2.00 bits per heavy atom. The lowest BCUT2D eigenvalue weighted by Crippen LogP contribution is -2.39. The van der Waals surface area contributed by atoms with Crippen LogP contribution in [-0.2, 0) is 16.4 Å². The summed E-state index contributed by atoms with van der Waals surface area (Å²) in [5, 5.41) is 0. The minimum absolute atomic E-state index is 0.361. The molecule has 0 saturated heterocycles. The molecule has 108 valence electrons. The quantitative estimate of drug-likeness (QED) is 0.801. The summed E-state index contributed by atoms with van der Waals surface area (Å²) in [7, 11) is -4.04. The van der Waals surface area contributed by atoms with E-state index in [1.54, 1.807) is 0 Å². The van der Waals surface area contributed by atoms with E-state index in [9.17, 15) is 21.6 Å². The van der Waals surface area contributed by atoms with Crippen LogP contribution >= 0.6 is 0 Å². The van der Waals surface area contributed by atoms with Crippen molar-refractivity contribution in [1.82, 2.24) is 4.31 Å². The van der Waals surface area contributed by atoms with Gasteiger partial charge in [-0.15, -0.1) is 4.31 Å². The highest BCUT2D eigenvalue weighted by Gasteiger charge is 2.43. The molecule has 0 radical (unpaired) electrons. The van der Waals surface area contributed by atoms with E-state index in [0.717, 1.165) is 12.0 Å². The zero-order valence-electron chi connectivity index (χ0n) is 10.9. The number of benzene rings is 1. The molecule has 3 nitrogen and oxygen atoms in total. The van der Waals surface area contributed by atoms with Gasteiger partial charge >= 0.3 is 6.30 Å². The van der Waals surface area contributed by atoms with E-state index in [1.807, 2.05) is 13.8 Å². The summed E-state index contributed by atoms with van der Waals surface area (Å²) in [5.41, 5.74) is 0.892. The van der Waals surface area contributed by atoms with Crippen LogP contribution in [0.25, 0.3) is 0 Å². The third-order valence-corrected chi connectivity index (χ3v) is 4.38. The molecule has 0 heterocycles. The summed E-state index contributed by atoms with van der Waals surface area (Å²) >= 11 is 0. The lowest BCUT2D eigenvalue weighted by Gasteiger charge is -2.19. The summed E-state index contributed by atoms with van der Waals surface area (Å²) in [6.07, 6.45) is -4.18. The van der Waals surface area contributed by atoms with Crippen molar-refractivity contribution in [2.75, 3.05) is 7.05 Å². The lowest BCUT2D eigenvalue weighted by atomic mass is 10.0. The number of rotatable bonds is 4. The first kappa shape index (κ1) is 16.0. The van der Waals surface area contributed by atoms with Crippen molar-refractivity contribution >= 4 is 10.0 Å². The van der Waals surface area contributed by atoms with E-state index in [1.165, 1.54) is 24.3 Å². The van der Waals surface area contributed by atoms with Gasteiger partial charge in [0.1, 0.15) is 0 Å². The summed E-state index contributed by atoms with van der Waals surface area (Å²) in [6, 6.07) is 5.48. The van der Waals surface area contributed by atoms with Gasteiger partial charge in [-0.1, -0.05) is 26.0 Å². The van der Waals surface area contributed by atoms with Crippen molar-refractivity contribution in [1.29, 1.82) is 0 Å². The van der Waals surface area contributed by atoms with Gasteiger partial charge in [-0.25, -0.2) is 8.42 Å². The van der Waals surface area contributed by atoms with Crippen molar-refractivity contribution in [3.63, 3.8) is 0 Å². The fourth-order valence-corrected chi connectivity index (χ4v) is 2.63. The molecule has 0 aliphatic carbocycles. The van der Waals surface area contributed by atoms with Gasteiger partial charge in [-0.3, -0.25) is 0 Å². The van der Waals surface area contributed by atoms with Crippen molar-refractivity contribution in [2.24, 2.45) is 5.92 Å². The van der Waals surface area contributed by atoms with Crippen molar-refractivity contribution in [2.45, 2.75) is 31.5 Å². The Hall–Kier alpha value is -1.08. The highest BCUT2D eigenvalue weighted by Crippen LogP contribution is 2.27. The molecule has 1 aromatic rings. The molecule has 0 N–H and O–H groups in total. The normalized spacial score (nSPS) is 13.3. The molecule has 0 atom stereocenters. The van der Waals surface area contributed by atoms with E-state index < -0.39 is 20.6 Å². The maximum Gasteiger partial charge on any atom is 0.473 e. The van der Waals surface area contributed by atoms with E-state index in [0.29, 0.717) is 13.0 Å². The average molecular weight is 295 g/mol. The van der Waals surface area contributed by atoms with Crippen LogP contribution in [0.4, 0.5) is 13.2 Å². The number of hydrogen-bond acceptors (Lipinski definition) is 2. The molecular weight excluding hydrogens is 279 g/mol. The number of sulfonamides is 1. The minimum atomic E-state index is -4.92. The van der Waals surface area contributed by atoms with Crippen LogP contribution in [0.15, 0.2) is 29.2 Å². The molecule has 0 fully saturated rings. The lowest BCUT2D eigenvalue weighted by molar-refractivity contribution is -0.202. The Balaban J connectivity index is 3.04. The van der Waals surface area contributed by atoms with Gasteiger partial charge in [0.05, 0.1) is 4.90 Å². The Kier molecular flexibility index (Phi) is 4.63. The van der Waals surface area contributed by atoms with Crippen LogP contribution in [0.2, 0.25) is 0 Å². The molecule has 0 aliphatic rings. The highest BCUT2D eigenvalue weighted by molar-refractivity contribution is 7.89. The van der Waals surface area contributed by atoms with Gasteiger partial charge in [0.15, 0.2) is 0 Å². The Labute approximate surface area is 111 Å². The zero-order chi connectivity index (χ0) is 14.8. The van der Waals surface area contributed by atoms with Gasteiger partial charge in [-0.05, 0) is 30.0 Å². The first-order chi connectivity index (χ1) is 8.55. The van der Waals surface area contributed by atoms with Crippen LogP contribution in [0, 0.1) is 5.92 Å². The molecular formula is C12H16F3NO2S. The predicted octanol–water partition coefficient (Wildman–Crippen LogP) is 3.03. The first-order valence-electron chi connectivity index (χ1n) is 5.70. The van der Waals surface area contributed by atoms with E-state index in [2.05, 4.69) is 0 Å². The summed E-state index contributed by atoms with van der Waals surface area (Å²) in [5.74, 6) is 0.389. The zero-order valence-corrected chi connectivity index (χ0v) is 11.7. The number of nitrogens with zero attached hydrogens (tertiary/aromatic N) is 1. The van der Waals surface area contributed by atoms with Gasteiger partial charge in [0.2, 0.25) is 10.0 Å². The topological polar surface area (TPSA) is 37.4 Å². The Morgan fingerprint density at radius 1 is 1.16 bits per heavy atom. The third kappa shape index (κ3) is 3.94. The van der Waals surface area contributed by atoms with Crippen LogP contribution in [0.3, 0.4) is 0 Å². The summed E-state index contributed by atoms with van der Waals surface area (Å²) < 4.78 is 60.1. The molecule has 0 saturated carbocycles. The van der Waals surface area contributed by atoms with Crippen molar-refractivity contribution in [3.8, 4) is 0 Å². The molecule has 0 bridgehead atoms. The van der Waals surface area contributed by atoms with Crippen LogP contribution in [-0.4, -0.2) is 26.1 Å². The summed E-state index contributed by atoms with van der Waals surface area (Å²) in [4.78, 5) is -0.361. The van der Waals surface area contributed by atoms with Gasteiger partial charge in [-0.2, -0.15) is 13.2 Å². The van der Waals surface area contributed by atoms with Gasteiger partial charge in [0.25, 0.3) is 0 Å². The second-order valence-corrected chi connectivity index (χ2v) is 6.65. The fraction of sp³-hybridized carbons (Fsp3) is 0.500. The van der Waals surface area contributed by atoms with Crippen LogP contribution in [0.5, 0.6) is 0 Å². The summed E-state index contributed by atoms with van der Waals surface area (Å²) in [6.45, 7) is 4.00. The monoisotopic (exact) mass is 295 g/mol. The molecule has 0 aromatic heterocycles. The molecule has 1 rings (SSSR count). The third-order valence-electron chi connectivity index (χ3n) is 2.58.